The molecule has 0 spiro atoms. The molecule has 0 aliphatic rings. The quantitative estimate of drug-likeness (QED) is 0.198. The molecule has 136 valence electrons. The fraction of sp³-hybridized carbons (Fsp3) is 0.0714. The molecule has 0 unspecified atom stereocenters. The van der Waals surface area contributed by atoms with Gasteiger partial charge in [0, 0.05) is 5.56 Å². The van der Waals surface area contributed by atoms with Gasteiger partial charge in [-0.05, 0) is 57.3 Å². The number of hydrogen-bond acceptors (Lipinski definition) is 2. The molecule has 0 aliphatic heterocycles. The summed E-state index contributed by atoms with van der Waals surface area (Å²) in [5.41, 5.74) is -0.624. The van der Waals surface area contributed by atoms with Crippen LogP contribution in [0.1, 0.15) is 15.9 Å². The van der Waals surface area contributed by atoms with Crippen molar-refractivity contribution in [3.8, 4) is 0 Å². The maximum atomic E-state index is 12.9. The van der Waals surface area contributed by atoms with E-state index in [2.05, 4.69) is 0 Å². The predicted octanol–water partition coefficient (Wildman–Crippen LogP) is 5.64. The first kappa shape index (κ1) is 22.7. The number of rotatable bonds is 2. The largest absolute Gasteiger partial charge is 0.478 e. The molecular weight excluding hydrogens is 617 g/mol. The summed E-state index contributed by atoms with van der Waals surface area (Å²) in [6, 6.07) is 2.11. The summed E-state index contributed by atoms with van der Waals surface area (Å²) in [5.74, 6) is -5.33. The lowest BCUT2D eigenvalue weighted by molar-refractivity contribution is 0.0691. The summed E-state index contributed by atoms with van der Waals surface area (Å²) in [6.45, 7) is -0.484. The number of benzene rings is 2. The number of aliphatic hydroxyl groups excluding tert-OH is 1. The summed E-state index contributed by atoms with van der Waals surface area (Å²) in [5, 5.41) is 15.8. The standard InChI is InChI=1S/C7H2ClF2IO2.C7H4ClF2IO/c8-4-5(9)2(7(12)13)1-3(11)6(4)10;8-5-6(9)3(2-12)1-4(11)7(5)10/h1H,(H,12,13);1,12H,2H2. The summed E-state index contributed by atoms with van der Waals surface area (Å²) < 4.78 is 51.7. The first-order chi connectivity index (χ1) is 11.5. The molecule has 0 saturated carbocycles. The molecule has 2 N–H and O–H groups in total. The summed E-state index contributed by atoms with van der Waals surface area (Å²) in [6.07, 6.45) is 0. The van der Waals surface area contributed by atoms with Crippen molar-refractivity contribution < 1.29 is 32.6 Å². The highest BCUT2D eigenvalue weighted by Gasteiger charge is 2.19. The van der Waals surface area contributed by atoms with E-state index in [1.54, 1.807) is 22.6 Å². The van der Waals surface area contributed by atoms with Gasteiger partial charge in [0.25, 0.3) is 0 Å². The lowest BCUT2D eigenvalue weighted by atomic mass is 10.2. The number of halogens is 8. The van der Waals surface area contributed by atoms with Gasteiger partial charge >= 0.3 is 5.97 Å². The molecule has 2 aromatic carbocycles. The normalized spacial score (nSPS) is 10.3. The number of carbonyl (C=O) groups is 1. The Hall–Kier alpha value is -0.370. The van der Waals surface area contributed by atoms with E-state index < -0.39 is 51.5 Å². The lowest BCUT2D eigenvalue weighted by Gasteiger charge is -2.03. The van der Waals surface area contributed by atoms with Crippen LogP contribution in [0, 0.1) is 30.4 Å². The van der Waals surface area contributed by atoms with E-state index in [0.717, 1.165) is 6.07 Å². The molecule has 0 amide bonds. The number of aromatic carboxylic acids is 1. The van der Waals surface area contributed by atoms with Crippen molar-refractivity contribution >= 4 is 74.4 Å². The molecule has 0 atom stereocenters. The molecule has 25 heavy (non-hydrogen) atoms. The van der Waals surface area contributed by atoms with Gasteiger partial charge in [0.1, 0.15) is 15.9 Å². The molecule has 0 radical (unpaired) electrons. The van der Waals surface area contributed by atoms with E-state index in [4.69, 9.17) is 33.4 Å². The fourth-order valence-corrected chi connectivity index (χ4v) is 3.44. The van der Waals surface area contributed by atoms with Gasteiger partial charge in [0.05, 0.1) is 19.3 Å². The molecule has 2 rings (SSSR count). The molecule has 3 nitrogen and oxygen atoms in total. The molecule has 0 aromatic heterocycles. The fourth-order valence-electron chi connectivity index (χ4n) is 1.47. The van der Waals surface area contributed by atoms with E-state index in [1.165, 1.54) is 28.7 Å². The zero-order valence-corrected chi connectivity index (χ0v) is 17.5. The van der Waals surface area contributed by atoms with Crippen LogP contribution in [0.4, 0.5) is 17.6 Å². The van der Waals surface area contributed by atoms with Crippen molar-refractivity contribution in [2.45, 2.75) is 6.61 Å². The summed E-state index contributed by atoms with van der Waals surface area (Å²) >= 11 is 13.7. The second-order valence-electron chi connectivity index (χ2n) is 4.27. The first-order valence-electron chi connectivity index (χ1n) is 6.01. The van der Waals surface area contributed by atoms with Gasteiger partial charge in [-0.15, -0.1) is 0 Å². The molecule has 0 aliphatic carbocycles. The van der Waals surface area contributed by atoms with Crippen molar-refractivity contribution in [3.63, 3.8) is 0 Å². The topological polar surface area (TPSA) is 57.5 Å². The minimum Gasteiger partial charge on any atom is -0.478 e. The van der Waals surface area contributed by atoms with Crippen LogP contribution in [0.25, 0.3) is 0 Å². The van der Waals surface area contributed by atoms with Crippen LogP contribution < -0.4 is 0 Å². The molecule has 0 bridgehead atoms. The highest BCUT2D eigenvalue weighted by Crippen LogP contribution is 2.27. The Balaban J connectivity index is 0.000000251. The number of carboxylic acids is 1. The van der Waals surface area contributed by atoms with E-state index in [-0.39, 0.29) is 12.7 Å². The summed E-state index contributed by atoms with van der Waals surface area (Å²) in [4.78, 5) is 10.4. The van der Waals surface area contributed by atoms with Gasteiger partial charge in [0.2, 0.25) is 0 Å². The molecule has 0 fully saturated rings. The van der Waals surface area contributed by atoms with Gasteiger partial charge < -0.3 is 10.2 Å². The van der Waals surface area contributed by atoms with Crippen LogP contribution in [-0.2, 0) is 6.61 Å². The Labute approximate surface area is 176 Å². The smallest absolute Gasteiger partial charge is 0.338 e. The number of hydrogen-bond donors (Lipinski definition) is 2. The van der Waals surface area contributed by atoms with Gasteiger partial charge in [-0.1, -0.05) is 23.2 Å². The maximum absolute atomic E-state index is 12.9. The predicted molar refractivity (Wildman–Crippen MR) is 101 cm³/mol. The number of aliphatic hydroxyl groups is 1. The second kappa shape index (κ2) is 9.53. The number of carboxylic acid groups (broad SMARTS) is 1. The Bertz CT molecular complexity index is 835. The van der Waals surface area contributed by atoms with Crippen molar-refractivity contribution in [3.05, 3.63) is 63.7 Å². The molecule has 11 heteroatoms. The van der Waals surface area contributed by atoms with Crippen LogP contribution in [0.5, 0.6) is 0 Å². The van der Waals surface area contributed by atoms with Crippen LogP contribution in [0.3, 0.4) is 0 Å². The van der Waals surface area contributed by atoms with Gasteiger partial charge in [0.15, 0.2) is 17.5 Å². The van der Waals surface area contributed by atoms with Crippen LogP contribution >= 0.6 is 68.4 Å². The highest BCUT2D eigenvalue weighted by molar-refractivity contribution is 14.1. The average Bonchev–Trinajstić information content (AvgIpc) is 2.57. The van der Waals surface area contributed by atoms with Crippen molar-refractivity contribution in [1.29, 1.82) is 0 Å². The minimum absolute atomic E-state index is 0.00537. The van der Waals surface area contributed by atoms with E-state index >= 15 is 0 Å². The van der Waals surface area contributed by atoms with E-state index in [9.17, 15) is 22.4 Å². The third-order valence-corrected chi connectivity index (χ3v) is 4.91. The van der Waals surface area contributed by atoms with Crippen LogP contribution in [-0.4, -0.2) is 16.2 Å². The third-order valence-electron chi connectivity index (χ3n) is 2.68. The van der Waals surface area contributed by atoms with E-state index in [1.807, 2.05) is 0 Å². The van der Waals surface area contributed by atoms with E-state index in [0.29, 0.717) is 0 Å². The second-order valence-corrected chi connectivity index (χ2v) is 7.35. The van der Waals surface area contributed by atoms with Gasteiger partial charge in [-0.25, -0.2) is 22.4 Å². The Morgan fingerprint density at radius 1 is 0.920 bits per heavy atom. The van der Waals surface area contributed by atoms with Crippen LogP contribution in [0.2, 0.25) is 10.0 Å². The average molecular weight is 623 g/mol. The Morgan fingerprint density at radius 3 is 1.80 bits per heavy atom. The highest BCUT2D eigenvalue weighted by atomic mass is 127. The van der Waals surface area contributed by atoms with Gasteiger partial charge in [-0.3, -0.25) is 0 Å². The van der Waals surface area contributed by atoms with Crippen LogP contribution in [0.15, 0.2) is 12.1 Å². The molecule has 2 aromatic rings. The maximum Gasteiger partial charge on any atom is 0.338 e. The zero-order valence-electron chi connectivity index (χ0n) is 11.7. The molecule has 0 saturated heterocycles. The van der Waals surface area contributed by atoms with Crippen molar-refractivity contribution in [2.75, 3.05) is 0 Å². The SMILES string of the molecule is O=C(O)c1cc(I)c(F)c(Cl)c1F.OCc1cc(I)c(F)c(Cl)c1F. The van der Waals surface area contributed by atoms with Crippen molar-refractivity contribution in [2.24, 2.45) is 0 Å². The Kier molecular flexibility index (Phi) is 8.64. The monoisotopic (exact) mass is 622 g/mol. The minimum atomic E-state index is -1.47. The molecule has 0 heterocycles. The molecular formula is C14H6Cl2F4I2O3. The first-order valence-corrected chi connectivity index (χ1v) is 8.93. The lowest BCUT2D eigenvalue weighted by Crippen LogP contribution is -2.03. The van der Waals surface area contributed by atoms with Gasteiger partial charge in [-0.2, -0.15) is 0 Å². The Morgan fingerprint density at radius 2 is 1.36 bits per heavy atom. The van der Waals surface area contributed by atoms with Crippen molar-refractivity contribution in [1.82, 2.24) is 0 Å². The third kappa shape index (κ3) is 5.31. The summed E-state index contributed by atoms with van der Waals surface area (Å²) in [7, 11) is 0. The zero-order chi connectivity index (χ0) is 19.5.